The van der Waals surface area contributed by atoms with Crippen molar-refractivity contribution in [2.24, 2.45) is 5.41 Å². The molecule has 1 aromatic rings. The number of hydrogen-bond donors (Lipinski definition) is 0. The lowest BCUT2D eigenvalue weighted by atomic mass is 9.52. The zero-order valence-electron chi connectivity index (χ0n) is 11.5. The molecule has 0 N–H and O–H groups in total. The highest BCUT2D eigenvalue weighted by Gasteiger charge is 2.61. The third kappa shape index (κ3) is 2.21. The van der Waals surface area contributed by atoms with Crippen molar-refractivity contribution >= 4 is 17.6 Å². The molecular formula is C15H18ClNO3. The Morgan fingerprint density at radius 2 is 2.25 bits per heavy atom. The Hall–Kier alpha value is -1.13. The largest absolute Gasteiger partial charge is 0.458 e. The van der Waals surface area contributed by atoms with Gasteiger partial charge in [-0.15, -0.1) is 0 Å². The van der Waals surface area contributed by atoms with E-state index in [9.17, 15) is 4.79 Å². The molecule has 108 valence electrons. The van der Waals surface area contributed by atoms with Crippen LogP contribution in [0.15, 0.2) is 18.3 Å². The van der Waals surface area contributed by atoms with Crippen LogP contribution in [0.1, 0.15) is 43.0 Å². The smallest absolute Gasteiger partial charge is 0.339 e. The normalized spacial score (nSPS) is 26.7. The molecule has 0 amide bonds. The van der Waals surface area contributed by atoms with Crippen molar-refractivity contribution in [3.05, 3.63) is 29.0 Å². The van der Waals surface area contributed by atoms with E-state index in [-0.39, 0.29) is 23.6 Å². The van der Waals surface area contributed by atoms with Crippen molar-refractivity contribution in [2.75, 3.05) is 6.61 Å². The molecule has 5 heteroatoms. The fraction of sp³-hybridized carbons (Fsp3) is 0.600. The van der Waals surface area contributed by atoms with Gasteiger partial charge in [0, 0.05) is 24.6 Å². The quantitative estimate of drug-likeness (QED) is 0.632. The van der Waals surface area contributed by atoms with E-state index >= 15 is 0 Å². The number of nitrogens with zero attached hydrogens (tertiary/aromatic N) is 1. The molecule has 1 spiro atoms. The van der Waals surface area contributed by atoms with E-state index in [1.807, 2.05) is 6.92 Å². The van der Waals surface area contributed by atoms with Gasteiger partial charge < -0.3 is 9.47 Å². The van der Waals surface area contributed by atoms with Gasteiger partial charge in [-0.1, -0.05) is 18.0 Å². The Labute approximate surface area is 123 Å². The van der Waals surface area contributed by atoms with E-state index in [0.717, 1.165) is 19.3 Å². The van der Waals surface area contributed by atoms with Gasteiger partial charge in [-0.25, -0.2) is 9.78 Å². The van der Waals surface area contributed by atoms with Crippen LogP contribution in [-0.4, -0.2) is 29.8 Å². The third-order valence-corrected chi connectivity index (χ3v) is 4.80. The van der Waals surface area contributed by atoms with Crippen LogP contribution in [0.5, 0.6) is 0 Å². The van der Waals surface area contributed by atoms with Crippen LogP contribution in [-0.2, 0) is 9.47 Å². The number of carbonyl (C=O) groups excluding carboxylic acids is 1. The molecule has 2 saturated carbocycles. The molecule has 4 nitrogen and oxygen atoms in total. The molecule has 2 aliphatic rings. The van der Waals surface area contributed by atoms with Crippen LogP contribution in [0.25, 0.3) is 0 Å². The molecule has 2 aliphatic carbocycles. The Balaban J connectivity index is 1.64. The van der Waals surface area contributed by atoms with Crippen molar-refractivity contribution in [1.29, 1.82) is 0 Å². The lowest BCUT2D eigenvalue weighted by Gasteiger charge is -2.59. The Morgan fingerprint density at radius 3 is 2.80 bits per heavy atom. The maximum absolute atomic E-state index is 12.1. The van der Waals surface area contributed by atoms with E-state index in [4.69, 9.17) is 21.1 Å². The summed E-state index contributed by atoms with van der Waals surface area (Å²) in [6.07, 6.45) is 5.87. The minimum atomic E-state index is -0.319. The molecule has 2 atom stereocenters. The summed E-state index contributed by atoms with van der Waals surface area (Å²) >= 11 is 5.71. The monoisotopic (exact) mass is 295 g/mol. The zero-order valence-corrected chi connectivity index (χ0v) is 12.2. The number of esters is 1. The van der Waals surface area contributed by atoms with Gasteiger partial charge in [0.2, 0.25) is 0 Å². The number of ether oxygens (including phenoxy) is 2. The molecule has 0 saturated heterocycles. The average molecular weight is 296 g/mol. The summed E-state index contributed by atoms with van der Waals surface area (Å²) in [4.78, 5) is 16.0. The number of pyridine rings is 1. The highest BCUT2D eigenvalue weighted by Crippen LogP contribution is 2.58. The standard InChI is InChI=1S/C15H18ClNO3/c1-2-19-11-8-12(15(11)6-3-7-15)20-14(18)10-4-5-13(16)17-9-10/h4-5,9,11-12H,2-3,6-8H2,1H3/t11-,12+/m1/s1. The number of aromatic nitrogens is 1. The van der Waals surface area contributed by atoms with E-state index in [1.165, 1.54) is 12.6 Å². The number of rotatable bonds is 4. The Kier molecular flexibility index (Phi) is 3.69. The lowest BCUT2D eigenvalue weighted by Crippen LogP contribution is -2.63. The number of halogens is 1. The summed E-state index contributed by atoms with van der Waals surface area (Å²) in [5.41, 5.74) is 0.523. The Morgan fingerprint density at radius 1 is 1.45 bits per heavy atom. The van der Waals surface area contributed by atoms with E-state index in [2.05, 4.69) is 4.98 Å². The van der Waals surface area contributed by atoms with Gasteiger partial charge in [-0.3, -0.25) is 0 Å². The van der Waals surface area contributed by atoms with Crippen LogP contribution in [0.2, 0.25) is 5.15 Å². The van der Waals surface area contributed by atoms with Crippen molar-refractivity contribution < 1.29 is 14.3 Å². The molecule has 0 aliphatic heterocycles. The van der Waals surface area contributed by atoms with Crippen LogP contribution in [0.4, 0.5) is 0 Å². The van der Waals surface area contributed by atoms with Crippen molar-refractivity contribution in [1.82, 2.24) is 4.98 Å². The molecule has 0 bridgehead atoms. The van der Waals surface area contributed by atoms with Gasteiger partial charge in [0.1, 0.15) is 11.3 Å². The molecule has 0 unspecified atom stereocenters. The molecule has 2 fully saturated rings. The van der Waals surface area contributed by atoms with Gasteiger partial charge in [-0.05, 0) is 31.9 Å². The molecule has 3 rings (SSSR count). The van der Waals surface area contributed by atoms with Crippen LogP contribution < -0.4 is 0 Å². The summed E-state index contributed by atoms with van der Waals surface area (Å²) in [6, 6.07) is 3.24. The van der Waals surface area contributed by atoms with E-state index in [1.54, 1.807) is 12.1 Å². The molecule has 1 heterocycles. The van der Waals surface area contributed by atoms with Crippen molar-refractivity contribution in [2.45, 2.75) is 44.8 Å². The first-order valence-corrected chi connectivity index (χ1v) is 7.47. The zero-order chi connectivity index (χ0) is 14.2. The second-order valence-electron chi connectivity index (χ2n) is 5.53. The molecule has 1 aromatic heterocycles. The van der Waals surface area contributed by atoms with Gasteiger partial charge in [-0.2, -0.15) is 0 Å². The van der Waals surface area contributed by atoms with Crippen LogP contribution >= 0.6 is 11.6 Å². The predicted molar refractivity (Wildman–Crippen MR) is 74.8 cm³/mol. The summed E-state index contributed by atoms with van der Waals surface area (Å²) < 4.78 is 11.4. The van der Waals surface area contributed by atoms with Gasteiger partial charge >= 0.3 is 5.97 Å². The molecular weight excluding hydrogens is 278 g/mol. The SMILES string of the molecule is CCO[C@@H]1C[C@H](OC(=O)c2ccc(Cl)nc2)C12CCC2. The highest BCUT2D eigenvalue weighted by atomic mass is 35.5. The maximum atomic E-state index is 12.1. The Bertz CT molecular complexity index is 498. The molecule has 20 heavy (non-hydrogen) atoms. The summed E-state index contributed by atoms with van der Waals surface area (Å²) in [5.74, 6) is -0.319. The first-order valence-electron chi connectivity index (χ1n) is 7.10. The van der Waals surface area contributed by atoms with Crippen LogP contribution in [0, 0.1) is 5.41 Å². The second kappa shape index (κ2) is 5.34. The fourth-order valence-electron chi connectivity index (χ4n) is 3.23. The first-order chi connectivity index (χ1) is 9.65. The van der Waals surface area contributed by atoms with Gasteiger partial charge in [0.15, 0.2) is 0 Å². The number of hydrogen-bond acceptors (Lipinski definition) is 4. The summed E-state index contributed by atoms with van der Waals surface area (Å²) in [5, 5.41) is 0.372. The van der Waals surface area contributed by atoms with Gasteiger partial charge in [0.05, 0.1) is 11.7 Å². The predicted octanol–water partition coefficient (Wildman–Crippen LogP) is 3.24. The molecule has 0 radical (unpaired) electrons. The summed E-state index contributed by atoms with van der Waals surface area (Å²) in [7, 11) is 0. The van der Waals surface area contributed by atoms with E-state index < -0.39 is 0 Å². The topological polar surface area (TPSA) is 48.4 Å². The fourth-order valence-corrected chi connectivity index (χ4v) is 3.35. The van der Waals surface area contributed by atoms with Crippen molar-refractivity contribution in [3.8, 4) is 0 Å². The van der Waals surface area contributed by atoms with Crippen molar-refractivity contribution in [3.63, 3.8) is 0 Å². The first kappa shape index (κ1) is 13.8. The van der Waals surface area contributed by atoms with Crippen LogP contribution in [0.3, 0.4) is 0 Å². The third-order valence-electron chi connectivity index (χ3n) is 4.58. The minimum absolute atomic E-state index is 0.0176. The maximum Gasteiger partial charge on any atom is 0.339 e. The number of carbonyl (C=O) groups is 1. The second-order valence-corrected chi connectivity index (χ2v) is 5.92. The highest BCUT2D eigenvalue weighted by molar-refractivity contribution is 6.29. The van der Waals surface area contributed by atoms with E-state index in [0.29, 0.717) is 17.3 Å². The molecule has 0 aromatic carbocycles. The van der Waals surface area contributed by atoms with Gasteiger partial charge in [0.25, 0.3) is 0 Å². The minimum Gasteiger partial charge on any atom is -0.458 e. The lowest BCUT2D eigenvalue weighted by molar-refractivity contribution is -0.225. The summed E-state index contributed by atoms with van der Waals surface area (Å²) in [6.45, 7) is 2.72. The average Bonchev–Trinajstić information content (AvgIpc) is 2.36.